The monoisotopic (exact) mass is 321 g/mol. The van der Waals surface area contributed by atoms with Gasteiger partial charge in [0.2, 0.25) is 5.91 Å². The highest BCUT2D eigenvalue weighted by molar-refractivity contribution is 5.96. The molecule has 1 aromatic carbocycles. The van der Waals surface area contributed by atoms with E-state index in [1.807, 2.05) is 0 Å². The lowest BCUT2D eigenvalue weighted by molar-refractivity contribution is -0.120. The number of rotatable bonds is 7. The SMILES string of the molecule is COc1ccc(C(=O)NCC(=O)NCCN2CCOCC2)cc1. The van der Waals surface area contributed by atoms with E-state index in [2.05, 4.69) is 15.5 Å². The van der Waals surface area contributed by atoms with Crippen LogP contribution in [-0.2, 0) is 9.53 Å². The number of ether oxygens (including phenoxy) is 2. The average molecular weight is 321 g/mol. The molecule has 0 bridgehead atoms. The van der Waals surface area contributed by atoms with Gasteiger partial charge >= 0.3 is 0 Å². The molecular formula is C16H23N3O4. The number of carbonyl (C=O) groups is 2. The molecule has 1 heterocycles. The van der Waals surface area contributed by atoms with Gasteiger partial charge in [-0.25, -0.2) is 0 Å². The first-order chi connectivity index (χ1) is 11.2. The largest absolute Gasteiger partial charge is 0.497 e. The van der Waals surface area contributed by atoms with Crippen LogP contribution in [0.25, 0.3) is 0 Å². The molecule has 0 spiro atoms. The minimum absolute atomic E-state index is 0.0338. The number of amides is 2. The summed E-state index contributed by atoms with van der Waals surface area (Å²) in [7, 11) is 1.57. The topological polar surface area (TPSA) is 79.9 Å². The second-order valence-corrected chi connectivity index (χ2v) is 5.22. The molecule has 0 atom stereocenters. The molecule has 0 aliphatic carbocycles. The summed E-state index contributed by atoms with van der Waals surface area (Å²) < 4.78 is 10.3. The zero-order valence-corrected chi connectivity index (χ0v) is 13.3. The number of hydrogen-bond donors (Lipinski definition) is 2. The summed E-state index contributed by atoms with van der Waals surface area (Å²) >= 11 is 0. The van der Waals surface area contributed by atoms with E-state index in [0.717, 1.165) is 32.8 Å². The lowest BCUT2D eigenvalue weighted by atomic mass is 10.2. The maximum absolute atomic E-state index is 11.9. The van der Waals surface area contributed by atoms with Crippen LogP contribution in [0.1, 0.15) is 10.4 Å². The molecule has 7 heteroatoms. The van der Waals surface area contributed by atoms with Crippen LogP contribution in [0.5, 0.6) is 5.75 Å². The first kappa shape index (κ1) is 17.2. The number of morpholine rings is 1. The third-order valence-electron chi connectivity index (χ3n) is 3.62. The Bertz CT molecular complexity index is 513. The van der Waals surface area contributed by atoms with Crippen molar-refractivity contribution in [2.45, 2.75) is 0 Å². The number of benzene rings is 1. The molecule has 2 N–H and O–H groups in total. The third-order valence-corrected chi connectivity index (χ3v) is 3.62. The van der Waals surface area contributed by atoms with Gasteiger partial charge in [0.25, 0.3) is 5.91 Å². The molecular weight excluding hydrogens is 298 g/mol. The van der Waals surface area contributed by atoms with Gasteiger partial charge in [-0.15, -0.1) is 0 Å². The number of nitrogens with one attached hydrogen (secondary N) is 2. The van der Waals surface area contributed by atoms with Crippen molar-refractivity contribution in [2.24, 2.45) is 0 Å². The zero-order chi connectivity index (χ0) is 16.5. The Kier molecular flexibility index (Phi) is 6.83. The average Bonchev–Trinajstić information content (AvgIpc) is 2.60. The van der Waals surface area contributed by atoms with Gasteiger partial charge in [0.15, 0.2) is 0 Å². The molecule has 7 nitrogen and oxygen atoms in total. The van der Waals surface area contributed by atoms with Crippen molar-refractivity contribution in [1.82, 2.24) is 15.5 Å². The van der Waals surface area contributed by atoms with E-state index >= 15 is 0 Å². The molecule has 0 radical (unpaired) electrons. The van der Waals surface area contributed by atoms with E-state index in [4.69, 9.17) is 9.47 Å². The van der Waals surface area contributed by atoms with Crippen molar-refractivity contribution in [1.29, 1.82) is 0 Å². The minimum Gasteiger partial charge on any atom is -0.497 e. The van der Waals surface area contributed by atoms with E-state index in [1.165, 1.54) is 0 Å². The molecule has 2 rings (SSSR count). The second-order valence-electron chi connectivity index (χ2n) is 5.22. The fourth-order valence-corrected chi connectivity index (χ4v) is 2.25. The van der Waals surface area contributed by atoms with E-state index in [-0.39, 0.29) is 18.4 Å². The standard InChI is InChI=1S/C16H23N3O4/c1-22-14-4-2-13(3-5-14)16(21)18-12-15(20)17-6-7-19-8-10-23-11-9-19/h2-5H,6-12H2,1H3,(H,17,20)(H,18,21). The molecule has 1 aromatic rings. The summed E-state index contributed by atoms with van der Waals surface area (Å²) in [6.45, 7) is 4.60. The molecule has 1 aliphatic heterocycles. The molecule has 1 fully saturated rings. The number of hydrogen-bond acceptors (Lipinski definition) is 5. The number of methoxy groups -OCH3 is 1. The van der Waals surface area contributed by atoms with Gasteiger partial charge in [0.1, 0.15) is 5.75 Å². The molecule has 2 amide bonds. The van der Waals surface area contributed by atoms with Crippen LogP contribution in [0.2, 0.25) is 0 Å². The van der Waals surface area contributed by atoms with Gasteiger partial charge in [-0.05, 0) is 24.3 Å². The van der Waals surface area contributed by atoms with Crippen molar-refractivity contribution < 1.29 is 19.1 Å². The van der Waals surface area contributed by atoms with E-state index < -0.39 is 0 Å². The van der Waals surface area contributed by atoms with Crippen LogP contribution >= 0.6 is 0 Å². The Morgan fingerprint density at radius 2 is 1.87 bits per heavy atom. The van der Waals surface area contributed by atoms with E-state index in [9.17, 15) is 9.59 Å². The van der Waals surface area contributed by atoms with Crippen molar-refractivity contribution in [3.05, 3.63) is 29.8 Å². The quantitative estimate of drug-likeness (QED) is 0.731. The maximum Gasteiger partial charge on any atom is 0.251 e. The van der Waals surface area contributed by atoms with Gasteiger partial charge in [0, 0.05) is 31.7 Å². The predicted molar refractivity (Wildman–Crippen MR) is 85.6 cm³/mol. The van der Waals surface area contributed by atoms with Gasteiger partial charge in [-0.3, -0.25) is 14.5 Å². The highest BCUT2D eigenvalue weighted by Gasteiger charge is 2.11. The summed E-state index contributed by atoms with van der Waals surface area (Å²) in [4.78, 5) is 25.9. The molecule has 0 unspecified atom stereocenters. The van der Waals surface area contributed by atoms with Crippen LogP contribution in [-0.4, -0.2) is 69.8 Å². The third kappa shape index (κ3) is 5.88. The Morgan fingerprint density at radius 3 is 2.52 bits per heavy atom. The fourth-order valence-electron chi connectivity index (χ4n) is 2.25. The minimum atomic E-state index is -0.281. The number of nitrogens with zero attached hydrogens (tertiary/aromatic N) is 1. The van der Waals surface area contributed by atoms with Crippen LogP contribution in [0.4, 0.5) is 0 Å². The summed E-state index contributed by atoms with van der Waals surface area (Å²) in [6, 6.07) is 6.73. The van der Waals surface area contributed by atoms with Crippen molar-refractivity contribution in [3.63, 3.8) is 0 Å². The van der Waals surface area contributed by atoms with E-state index in [0.29, 0.717) is 17.9 Å². The highest BCUT2D eigenvalue weighted by atomic mass is 16.5. The fraction of sp³-hybridized carbons (Fsp3) is 0.500. The Labute approximate surface area is 135 Å². The molecule has 0 saturated carbocycles. The van der Waals surface area contributed by atoms with Gasteiger partial charge in [-0.2, -0.15) is 0 Å². The van der Waals surface area contributed by atoms with Gasteiger partial charge < -0.3 is 20.1 Å². The van der Waals surface area contributed by atoms with Crippen LogP contribution in [0, 0.1) is 0 Å². The first-order valence-corrected chi connectivity index (χ1v) is 7.68. The Morgan fingerprint density at radius 1 is 1.17 bits per heavy atom. The summed E-state index contributed by atoms with van der Waals surface area (Å²) in [6.07, 6.45) is 0. The molecule has 0 aromatic heterocycles. The Hall–Kier alpha value is -2.12. The molecule has 126 valence electrons. The lowest BCUT2D eigenvalue weighted by Gasteiger charge is -2.26. The van der Waals surface area contributed by atoms with E-state index in [1.54, 1.807) is 31.4 Å². The maximum atomic E-state index is 11.9. The van der Waals surface area contributed by atoms with Crippen molar-refractivity contribution >= 4 is 11.8 Å². The number of carbonyl (C=O) groups excluding carboxylic acids is 2. The second kappa shape index (κ2) is 9.12. The summed E-state index contributed by atoms with van der Waals surface area (Å²) in [5.41, 5.74) is 0.493. The Balaban J connectivity index is 1.63. The smallest absolute Gasteiger partial charge is 0.251 e. The highest BCUT2D eigenvalue weighted by Crippen LogP contribution is 2.10. The van der Waals surface area contributed by atoms with Crippen LogP contribution in [0.3, 0.4) is 0 Å². The first-order valence-electron chi connectivity index (χ1n) is 7.68. The predicted octanol–water partition coefficient (Wildman–Crippen LogP) is -0.127. The normalized spacial score (nSPS) is 15.0. The van der Waals surface area contributed by atoms with Crippen LogP contribution < -0.4 is 15.4 Å². The summed E-state index contributed by atoms with van der Waals surface area (Å²) in [5, 5.41) is 5.40. The lowest BCUT2D eigenvalue weighted by Crippen LogP contribution is -2.43. The van der Waals surface area contributed by atoms with Crippen molar-refractivity contribution in [2.75, 3.05) is 53.0 Å². The van der Waals surface area contributed by atoms with Crippen molar-refractivity contribution in [3.8, 4) is 5.75 Å². The zero-order valence-electron chi connectivity index (χ0n) is 13.3. The molecule has 23 heavy (non-hydrogen) atoms. The van der Waals surface area contributed by atoms with Crippen LogP contribution in [0.15, 0.2) is 24.3 Å². The molecule has 1 saturated heterocycles. The summed E-state index contributed by atoms with van der Waals surface area (Å²) in [5.74, 6) is 0.207. The van der Waals surface area contributed by atoms with Gasteiger partial charge in [-0.1, -0.05) is 0 Å². The molecule has 1 aliphatic rings. The van der Waals surface area contributed by atoms with Gasteiger partial charge in [0.05, 0.1) is 26.9 Å².